The van der Waals surface area contributed by atoms with Crippen molar-refractivity contribution in [3.8, 4) is 11.1 Å². The van der Waals surface area contributed by atoms with Crippen LogP contribution in [-0.2, 0) is 56.6 Å². The van der Waals surface area contributed by atoms with E-state index >= 15 is 0 Å². The molecule has 316 valence electrons. The number of carbonyl (C=O) groups is 3. The van der Waals surface area contributed by atoms with Crippen molar-refractivity contribution < 1.29 is 33.7 Å². The summed E-state index contributed by atoms with van der Waals surface area (Å²) < 4.78 is 19.1. The van der Waals surface area contributed by atoms with Crippen LogP contribution in [0.5, 0.6) is 0 Å². The van der Waals surface area contributed by atoms with E-state index in [2.05, 4.69) is 71.7 Å². The van der Waals surface area contributed by atoms with Gasteiger partial charge in [0.15, 0.2) is 6.29 Å². The van der Waals surface area contributed by atoms with Crippen molar-refractivity contribution >= 4 is 17.9 Å². The molecule has 2 N–H and O–H groups in total. The number of benzene rings is 6. The lowest BCUT2D eigenvalue weighted by Crippen LogP contribution is -2.44. The molecule has 1 unspecified atom stereocenters. The number of carbonyl (C=O) groups excluding carboxylic acids is 3. The zero-order valence-electron chi connectivity index (χ0n) is 34.7. The van der Waals surface area contributed by atoms with Crippen LogP contribution in [0.15, 0.2) is 164 Å². The minimum Gasteiger partial charge on any atom is -0.445 e. The molecule has 0 saturated carbocycles. The summed E-state index contributed by atoms with van der Waals surface area (Å²) in [6.07, 6.45) is -2.05. The topological polar surface area (TPSA) is 118 Å². The molecule has 0 bridgehead atoms. The molecule has 5 atom stereocenters. The van der Waals surface area contributed by atoms with Gasteiger partial charge in [0.25, 0.3) is 5.91 Å². The molecule has 2 heterocycles. The monoisotopic (exact) mass is 829 g/mol. The van der Waals surface area contributed by atoms with Gasteiger partial charge in [0.2, 0.25) is 5.91 Å². The van der Waals surface area contributed by atoms with Crippen LogP contribution in [0.2, 0.25) is 0 Å². The maximum Gasteiger partial charge on any atom is 0.408 e. The number of nitrogens with one attached hydrogen (secondary N) is 1. The number of likely N-dealkylation sites (tertiary alicyclic amines) is 1. The predicted octanol–water partition coefficient (Wildman–Crippen LogP) is 8.89. The molecule has 10 nitrogen and oxygen atoms in total. The second-order valence-corrected chi connectivity index (χ2v) is 16.1. The smallest absolute Gasteiger partial charge is 0.408 e. The highest BCUT2D eigenvalue weighted by molar-refractivity contribution is 6.06. The number of amides is 3. The molecule has 3 amide bonds. The molecule has 10 heteroatoms. The number of hydrogen-bond acceptors (Lipinski definition) is 8. The normalized spacial score (nSPS) is 20.0. The van der Waals surface area contributed by atoms with Crippen LogP contribution in [0.4, 0.5) is 4.79 Å². The lowest BCUT2D eigenvalue weighted by molar-refractivity contribution is -0.276. The first-order valence-corrected chi connectivity index (χ1v) is 21.1. The summed E-state index contributed by atoms with van der Waals surface area (Å²) in [6.45, 7) is 4.44. The van der Waals surface area contributed by atoms with E-state index in [4.69, 9.17) is 14.2 Å². The molecule has 0 aromatic heterocycles. The van der Waals surface area contributed by atoms with E-state index in [1.54, 1.807) is 0 Å². The first kappa shape index (κ1) is 42.3. The third-order valence-corrected chi connectivity index (χ3v) is 11.6. The fourth-order valence-electron chi connectivity index (χ4n) is 8.22. The Bertz CT molecular complexity index is 2390. The van der Waals surface area contributed by atoms with E-state index in [-0.39, 0.29) is 50.2 Å². The number of aliphatic hydroxyl groups is 1. The molecule has 6 aromatic rings. The Kier molecular flexibility index (Phi) is 13.6. The molecule has 62 heavy (non-hydrogen) atoms. The minimum absolute atomic E-state index is 0.00845. The van der Waals surface area contributed by atoms with Gasteiger partial charge in [0.05, 0.1) is 31.8 Å². The lowest BCUT2D eigenvalue weighted by atomic mass is 9.89. The Morgan fingerprint density at radius 3 is 1.94 bits per heavy atom. The number of nitrogens with zero attached hydrogens (tertiary/aromatic N) is 2. The minimum atomic E-state index is -0.993. The van der Waals surface area contributed by atoms with Gasteiger partial charge in [0, 0.05) is 31.1 Å². The standard InChI is InChI=1S/C52H51N3O7/c1-36-47(33-54(30-37-13-5-2-6-14-37)31-38-15-7-3-8-16-38)61-51(62-49(36)42-25-23-39(34-56)24-26-42)45-22-12-21-44(28-45)43-20-11-19-41(27-43)32-55-48(57)29-46(50(55)58)53-52(59)60-35-40-17-9-4-10-18-40/h2-28,36,46-47,49,51,56H,29-35H2,1H3,(H,53,59)/t36-,46?,47+,49+,51+/m0/s1. The van der Waals surface area contributed by atoms with Gasteiger partial charge in [-0.1, -0.05) is 159 Å². The summed E-state index contributed by atoms with van der Waals surface area (Å²) in [7, 11) is 0. The summed E-state index contributed by atoms with van der Waals surface area (Å²) in [4.78, 5) is 42.6. The van der Waals surface area contributed by atoms with Crippen molar-refractivity contribution in [3.63, 3.8) is 0 Å². The van der Waals surface area contributed by atoms with Gasteiger partial charge >= 0.3 is 6.09 Å². The Morgan fingerprint density at radius 2 is 1.29 bits per heavy atom. The van der Waals surface area contributed by atoms with E-state index in [1.165, 1.54) is 16.0 Å². The molecular weight excluding hydrogens is 779 g/mol. The SMILES string of the molecule is C[C@H]1[C@@H](CN(Cc2ccccc2)Cc2ccccc2)O[C@@H](c2cccc(-c3cccc(CN4C(=O)CC(NC(=O)OCc5ccccc5)C4=O)c3)c2)O[C@H]1c1ccc(CO)cc1. The maximum atomic E-state index is 13.4. The van der Waals surface area contributed by atoms with Crippen LogP contribution in [0, 0.1) is 5.92 Å². The average Bonchev–Trinajstić information content (AvgIpc) is 3.57. The molecule has 6 aromatic carbocycles. The molecular formula is C52H51N3O7. The van der Waals surface area contributed by atoms with E-state index in [0.29, 0.717) is 6.54 Å². The van der Waals surface area contributed by atoms with E-state index in [9.17, 15) is 19.5 Å². The van der Waals surface area contributed by atoms with Crippen LogP contribution < -0.4 is 5.32 Å². The Morgan fingerprint density at radius 1 is 0.694 bits per heavy atom. The zero-order chi connectivity index (χ0) is 42.8. The lowest BCUT2D eigenvalue weighted by Gasteiger charge is -2.43. The highest BCUT2D eigenvalue weighted by atomic mass is 16.7. The Hall–Kier alpha value is -6.43. The summed E-state index contributed by atoms with van der Waals surface area (Å²) in [5, 5.41) is 12.3. The summed E-state index contributed by atoms with van der Waals surface area (Å²) in [6, 6.07) is 53.0. The van der Waals surface area contributed by atoms with Crippen LogP contribution in [0.3, 0.4) is 0 Å². The molecule has 2 aliphatic heterocycles. The van der Waals surface area contributed by atoms with Crippen molar-refractivity contribution in [1.29, 1.82) is 0 Å². The van der Waals surface area contributed by atoms with Crippen LogP contribution in [0.1, 0.15) is 64.7 Å². The number of imide groups is 1. The second-order valence-electron chi connectivity index (χ2n) is 16.1. The van der Waals surface area contributed by atoms with Gasteiger partial charge in [-0.3, -0.25) is 19.4 Å². The van der Waals surface area contributed by atoms with Crippen LogP contribution in [-0.4, -0.2) is 51.5 Å². The van der Waals surface area contributed by atoms with Crippen LogP contribution in [0.25, 0.3) is 11.1 Å². The Balaban J connectivity index is 0.998. The number of aliphatic hydroxyl groups excluding tert-OH is 1. The molecule has 2 fully saturated rings. The fraction of sp³-hybridized carbons (Fsp3) is 0.250. The largest absolute Gasteiger partial charge is 0.445 e. The van der Waals surface area contributed by atoms with Gasteiger partial charge in [-0.15, -0.1) is 0 Å². The molecule has 0 spiro atoms. The van der Waals surface area contributed by atoms with Gasteiger partial charge in [-0.2, -0.15) is 0 Å². The average molecular weight is 830 g/mol. The number of alkyl carbamates (subject to hydrolysis) is 1. The van der Waals surface area contributed by atoms with Gasteiger partial charge in [-0.25, -0.2) is 4.79 Å². The third-order valence-electron chi connectivity index (χ3n) is 11.6. The summed E-state index contributed by atoms with van der Waals surface area (Å²) in [5.41, 5.74) is 8.56. The van der Waals surface area contributed by atoms with Gasteiger partial charge in [-0.05, 0) is 56.6 Å². The van der Waals surface area contributed by atoms with E-state index in [1.807, 2.05) is 109 Å². The highest BCUT2D eigenvalue weighted by Gasteiger charge is 2.41. The maximum absolute atomic E-state index is 13.4. The quantitative estimate of drug-likeness (QED) is 0.0987. The summed E-state index contributed by atoms with van der Waals surface area (Å²) >= 11 is 0. The molecule has 0 radical (unpaired) electrons. The summed E-state index contributed by atoms with van der Waals surface area (Å²) in [5.74, 6) is -0.843. The highest BCUT2D eigenvalue weighted by Crippen LogP contribution is 2.43. The van der Waals surface area contributed by atoms with E-state index < -0.39 is 24.3 Å². The van der Waals surface area contributed by atoms with Crippen molar-refractivity contribution in [2.45, 2.75) is 70.7 Å². The molecule has 0 aliphatic carbocycles. The molecule has 2 saturated heterocycles. The number of rotatable bonds is 15. The number of ether oxygens (including phenoxy) is 3. The molecule has 2 aliphatic rings. The first-order valence-electron chi connectivity index (χ1n) is 21.1. The van der Waals surface area contributed by atoms with Gasteiger partial charge < -0.3 is 24.6 Å². The predicted molar refractivity (Wildman–Crippen MR) is 236 cm³/mol. The van der Waals surface area contributed by atoms with Crippen molar-refractivity contribution in [3.05, 3.63) is 203 Å². The van der Waals surface area contributed by atoms with Crippen molar-refractivity contribution in [1.82, 2.24) is 15.1 Å². The second kappa shape index (κ2) is 20.0. The third kappa shape index (κ3) is 10.5. The van der Waals surface area contributed by atoms with E-state index in [0.717, 1.165) is 52.0 Å². The zero-order valence-corrected chi connectivity index (χ0v) is 34.7. The van der Waals surface area contributed by atoms with Crippen molar-refractivity contribution in [2.24, 2.45) is 5.92 Å². The molecule has 8 rings (SSSR count). The fourth-order valence-corrected chi connectivity index (χ4v) is 8.22. The van der Waals surface area contributed by atoms with Crippen molar-refractivity contribution in [2.75, 3.05) is 6.54 Å². The Labute approximate surface area is 362 Å². The number of hydrogen-bond donors (Lipinski definition) is 2. The first-order chi connectivity index (χ1) is 30.3. The van der Waals surface area contributed by atoms with Crippen LogP contribution >= 0.6 is 0 Å². The van der Waals surface area contributed by atoms with Gasteiger partial charge in [0.1, 0.15) is 12.6 Å².